The van der Waals surface area contributed by atoms with Crippen molar-refractivity contribution in [3.8, 4) is 5.69 Å². The number of rotatable bonds is 2. The van der Waals surface area contributed by atoms with Gasteiger partial charge in [-0.05, 0) is 12.1 Å². The maximum atomic E-state index is 13.1. The molecule has 0 unspecified atom stereocenters. The quantitative estimate of drug-likeness (QED) is 0.747. The van der Waals surface area contributed by atoms with Gasteiger partial charge in [-0.1, -0.05) is 18.2 Å². The van der Waals surface area contributed by atoms with Crippen molar-refractivity contribution in [1.29, 1.82) is 0 Å². The van der Waals surface area contributed by atoms with Crippen LogP contribution in [-0.4, -0.2) is 43.0 Å². The van der Waals surface area contributed by atoms with Crippen molar-refractivity contribution in [2.45, 2.75) is 24.8 Å². The average Bonchev–Trinajstić information content (AvgIpc) is 2.73. The first-order valence-electron chi connectivity index (χ1n) is 6.48. The number of hydrogen-bond acceptors (Lipinski definition) is 4. The Morgan fingerprint density at radius 3 is 2.43 bits per heavy atom. The summed E-state index contributed by atoms with van der Waals surface area (Å²) in [6.45, 7) is -1.32. The lowest BCUT2D eigenvalue weighted by Gasteiger charge is -2.31. The van der Waals surface area contributed by atoms with Crippen LogP contribution >= 0.6 is 0 Å². The van der Waals surface area contributed by atoms with Gasteiger partial charge in [0.15, 0.2) is 0 Å². The van der Waals surface area contributed by atoms with E-state index in [1.165, 1.54) is 0 Å². The van der Waals surface area contributed by atoms with Crippen LogP contribution < -0.4 is 11.4 Å². The normalized spacial score (nSPS) is 24.8. The second-order valence-electron chi connectivity index (χ2n) is 4.94. The Labute approximate surface area is 118 Å². The van der Waals surface area contributed by atoms with Crippen LogP contribution in [0.5, 0.6) is 0 Å². The van der Waals surface area contributed by atoms with Gasteiger partial charge in [0.05, 0.1) is 12.2 Å². The third kappa shape index (κ3) is 1.95. The van der Waals surface area contributed by atoms with Crippen molar-refractivity contribution >= 4 is 0 Å². The summed E-state index contributed by atoms with van der Waals surface area (Å²) in [5, 5.41) is 19.5. The number of aliphatic hydroxyl groups excluding tert-OH is 2. The number of hydrogen-bond donors (Lipinski definition) is 2. The summed E-state index contributed by atoms with van der Waals surface area (Å²) in [5.74, 6) is 0. The highest BCUT2D eigenvalue weighted by Gasteiger charge is 2.38. The molecule has 0 radical (unpaired) electrons. The Morgan fingerprint density at radius 2 is 1.81 bits per heavy atom. The molecule has 0 bridgehead atoms. The van der Waals surface area contributed by atoms with Crippen LogP contribution in [0.3, 0.4) is 0 Å². The van der Waals surface area contributed by atoms with E-state index in [0.29, 0.717) is 5.69 Å². The smallest absolute Gasteiger partial charge is 0.352 e. The minimum absolute atomic E-state index is 0.258. The second kappa shape index (κ2) is 4.97. The Bertz CT molecular complexity index is 764. The van der Waals surface area contributed by atoms with Crippen LogP contribution in [0.25, 0.3) is 5.69 Å². The fourth-order valence-electron chi connectivity index (χ4n) is 2.62. The number of alkyl halides is 1. The molecule has 8 heteroatoms. The van der Waals surface area contributed by atoms with Crippen molar-refractivity contribution in [2.75, 3.05) is 6.67 Å². The zero-order valence-corrected chi connectivity index (χ0v) is 11.0. The van der Waals surface area contributed by atoms with E-state index in [9.17, 15) is 24.2 Å². The monoisotopic (exact) mass is 295 g/mol. The van der Waals surface area contributed by atoms with Crippen molar-refractivity contribution < 1.29 is 14.6 Å². The predicted octanol–water partition coefficient (Wildman–Crippen LogP) is -0.953. The van der Waals surface area contributed by atoms with E-state index in [1.54, 1.807) is 30.3 Å². The first-order chi connectivity index (χ1) is 10.1. The fourth-order valence-corrected chi connectivity index (χ4v) is 2.62. The molecule has 2 heterocycles. The number of para-hydroxylation sites is 1. The SMILES string of the molecule is O=c1n(-c2ccccc2)c(=O)n2n1C[C@@H](O)[C@H](O)[C@H]2CF. The van der Waals surface area contributed by atoms with Crippen molar-refractivity contribution in [2.24, 2.45) is 0 Å². The lowest BCUT2D eigenvalue weighted by molar-refractivity contribution is -0.0617. The molecule has 1 aromatic heterocycles. The lowest BCUT2D eigenvalue weighted by Crippen LogP contribution is -2.50. The topological polar surface area (TPSA) is 89.4 Å². The van der Waals surface area contributed by atoms with Crippen molar-refractivity contribution in [3.05, 3.63) is 51.3 Å². The number of halogens is 1. The summed E-state index contributed by atoms with van der Waals surface area (Å²) >= 11 is 0. The standard InChI is InChI=1S/C13H14FN3O4/c14-6-9-11(19)10(18)7-15-12(20)16(13(21)17(9)15)8-4-2-1-3-5-8/h1-5,9-11,18-19H,6-7H2/t9-,10-,11-/m1/s1. The molecular weight excluding hydrogens is 281 g/mol. The lowest BCUT2D eigenvalue weighted by atomic mass is 10.1. The molecule has 1 aliphatic heterocycles. The van der Waals surface area contributed by atoms with Gasteiger partial charge in [0.1, 0.15) is 24.9 Å². The molecule has 112 valence electrons. The third-order valence-corrected chi connectivity index (χ3v) is 3.69. The molecule has 0 amide bonds. The average molecular weight is 295 g/mol. The molecule has 7 nitrogen and oxygen atoms in total. The molecule has 1 aliphatic rings. The van der Waals surface area contributed by atoms with Gasteiger partial charge in [-0.15, -0.1) is 0 Å². The van der Waals surface area contributed by atoms with Crippen LogP contribution in [0.15, 0.2) is 39.9 Å². The number of fused-ring (bicyclic) bond motifs is 1. The molecule has 3 atom stereocenters. The molecule has 21 heavy (non-hydrogen) atoms. The van der Waals surface area contributed by atoms with Crippen LogP contribution in [0, 0.1) is 0 Å². The summed E-state index contributed by atoms with van der Waals surface area (Å²) in [5.41, 5.74) is -1.06. The van der Waals surface area contributed by atoms with E-state index in [2.05, 4.69) is 0 Å². The van der Waals surface area contributed by atoms with Gasteiger partial charge in [0.2, 0.25) is 0 Å². The Morgan fingerprint density at radius 1 is 1.14 bits per heavy atom. The number of benzene rings is 1. The van der Waals surface area contributed by atoms with Crippen LogP contribution in [0.4, 0.5) is 4.39 Å². The third-order valence-electron chi connectivity index (χ3n) is 3.69. The highest BCUT2D eigenvalue weighted by molar-refractivity contribution is 5.30. The summed E-state index contributed by atoms with van der Waals surface area (Å²) in [6.07, 6.45) is -2.73. The highest BCUT2D eigenvalue weighted by atomic mass is 19.1. The first kappa shape index (κ1) is 13.8. The zero-order chi connectivity index (χ0) is 15.1. The van der Waals surface area contributed by atoms with E-state index in [-0.39, 0.29) is 6.54 Å². The van der Waals surface area contributed by atoms with Gasteiger partial charge in [-0.25, -0.2) is 27.9 Å². The zero-order valence-electron chi connectivity index (χ0n) is 11.0. The van der Waals surface area contributed by atoms with Gasteiger partial charge < -0.3 is 10.2 Å². The molecule has 2 N–H and O–H groups in total. The molecule has 0 saturated heterocycles. The van der Waals surface area contributed by atoms with E-state index in [0.717, 1.165) is 13.9 Å². The van der Waals surface area contributed by atoms with Gasteiger partial charge in [-0.2, -0.15) is 0 Å². The molecule has 1 aromatic carbocycles. The highest BCUT2D eigenvalue weighted by Crippen LogP contribution is 2.19. The molecule has 0 fully saturated rings. The first-order valence-corrected chi connectivity index (χ1v) is 6.48. The van der Waals surface area contributed by atoms with E-state index in [1.807, 2.05) is 0 Å². The molecule has 0 aliphatic carbocycles. The maximum Gasteiger partial charge on any atom is 0.352 e. The Kier molecular flexibility index (Phi) is 3.26. The molecule has 2 aromatic rings. The minimum atomic E-state index is -1.43. The van der Waals surface area contributed by atoms with Crippen LogP contribution in [0.1, 0.15) is 6.04 Å². The molecular formula is C13H14FN3O4. The number of aromatic nitrogens is 3. The molecule has 0 spiro atoms. The summed E-state index contributed by atoms with van der Waals surface area (Å²) < 4.78 is 15.9. The van der Waals surface area contributed by atoms with Gasteiger partial charge in [0.25, 0.3) is 0 Å². The molecule has 3 rings (SSSR count). The van der Waals surface area contributed by atoms with E-state index >= 15 is 0 Å². The Balaban J connectivity index is 2.27. The van der Waals surface area contributed by atoms with E-state index < -0.39 is 36.3 Å². The van der Waals surface area contributed by atoms with Crippen molar-refractivity contribution in [1.82, 2.24) is 13.9 Å². The summed E-state index contributed by atoms with van der Waals surface area (Å²) in [6, 6.07) is 6.94. The van der Waals surface area contributed by atoms with Crippen molar-refractivity contribution in [3.63, 3.8) is 0 Å². The van der Waals surface area contributed by atoms with Gasteiger partial charge >= 0.3 is 11.4 Å². The minimum Gasteiger partial charge on any atom is -0.388 e. The van der Waals surface area contributed by atoms with Gasteiger partial charge in [0, 0.05) is 0 Å². The fraction of sp³-hybridized carbons (Fsp3) is 0.385. The summed E-state index contributed by atoms with van der Waals surface area (Å²) in [4.78, 5) is 24.7. The Hall–Kier alpha value is -2.19. The molecule has 0 saturated carbocycles. The van der Waals surface area contributed by atoms with Crippen LogP contribution in [0.2, 0.25) is 0 Å². The number of nitrogens with zero attached hydrogens (tertiary/aromatic N) is 3. The second-order valence-corrected chi connectivity index (χ2v) is 4.94. The largest absolute Gasteiger partial charge is 0.388 e. The van der Waals surface area contributed by atoms with Crippen LogP contribution in [-0.2, 0) is 6.54 Å². The summed E-state index contributed by atoms with van der Waals surface area (Å²) in [7, 11) is 0. The maximum absolute atomic E-state index is 13.1. The van der Waals surface area contributed by atoms with Gasteiger partial charge in [-0.3, -0.25) is 0 Å². The van der Waals surface area contributed by atoms with E-state index in [4.69, 9.17) is 0 Å². The number of aliphatic hydroxyl groups is 2. The predicted molar refractivity (Wildman–Crippen MR) is 71.3 cm³/mol.